The highest BCUT2D eigenvalue weighted by Gasteiger charge is 2.30. The third kappa shape index (κ3) is 3.76. The number of alkyl halides is 3. The van der Waals surface area contributed by atoms with E-state index in [-0.39, 0.29) is 6.61 Å². The molecule has 0 amide bonds. The van der Waals surface area contributed by atoms with E-state index >= 15 is 0 Å². The molecule has 0 aliphatic rings. The van der Waals surface area contributed by atoms with Gasteiger partial charge in [-0.25, -0.2) is 0 Å². The average molecular weight is 296 g/mol. The second-order valence-corrected chi connectivity index (χ2v) is 4.61. The number of aliphatic hydroxyl groups is 1. The summed E-state index contributed by atoms with van der Waals surface area (Å²) in [6.45, 7) is 1.85. The number of benzene rings is 1. The molecule has 0 aliphatic heterocycles. The van der Waals surface area contributed by atoms with Crippen LogP contribution in [0, 0.1) is 6.92 Å². The highest BCUT2D eigenvalue weighted by molar-refractivity contribution is 5.64. The fourth-order valence-electron chi connectivity index (χ4n) is 1.91. The van der Waals surface area contributed by atoms with Crippen molar-refractivity contribution in [1.82, 2.24) is 0 Å². The maximum Gasteiger partial charge on any atom is 0.416 e. The second kappa shape index (κ2) is 6.18. The zero-order valence-corrected chi connectivity index (χ0v) is 11.4. The van der Waals surface area contributed by atoms with Gasteiger partial charge in [-0.1, -0.05) is 24.3 Å². The van der Waals surface area contributed by atoms with Crippen LogP contribution in [0.15, 0.2) is 40.8 Å². The Labute approximate surface area is 120 Å². The van der Waals surface area contributed by atoms with Gasteiger partial charge in [0.25, 0.3) is 0 Å². The van der Waals surface area contributed by atoms with Crippen LogP contribution in [-0.4, -0.2) is 11.7 Å². The van der Waals surface area contributed by atoms with E-state index in [1.54, 1.807) is 13.0 Å². The van der Waals surface area contributed by atoms with Crippen LogP contribution in [0.1, 0.15) is 23.3 Å². The molecule has 1 aromatic heterocycles. The minimum Gasteiger partial charge on any atom is -0.461 e. The lowest BCUT2D eigenvalue weighted by Crippen LogP contribution is -2.03. The van der Waals surface area contributed by atoms with Crippen molar-refractivity contribution in [3.05, 3.63) is 53.3 Å². The molecule has 0 spiro atoms. The van der Waals surface area contributed by atoms with Crippen molar-refractivity contribution >= 4 is 6.08 Å². The van der Waals surface area contributed by atoms with Crippen molar-refractivity contribution in [2.45, 2.75) is 19.5 Å². The molecule has 0 aliphatic carbocycles. The topological polar surface area (TPSA) is 33.4 Å². The van der Waals surface area contributed by atoms with Gasteiger partial charge in [0.05, 0.1) is 5.56 Å². The molecule has 0 bridgehead atoms. The number of furan rings is 1. The van der Waals surface area contributed by atoms with Crippen molar-refractivity contribution in [3.8, 4) is 11.3 Å². The molecule has 2 rings (SSSR count). The SMILES string of the molecule is Cc1oc(-c2ccc(C(F)(F)F)cc2)cc1/C=C/CCO. The van der Waals surface area contributed by atoms with Gasteiger partial charge < -0.3 is 9.52 Å². The lowest BCUT2D eigenvalue weighted by Gasteiger charge is -2.06. The summed E-state index contributed by atoms with van der Waals surface area (Å²) in [7, 11) is 0. The zero-order valence-electron chi connectivity index (χ0n) is 11.4. The maximum absolute atomic E-state index is 12.5. The third-order valence-electron chi connectivity index (χ3n) is 3.05. The Morgan fingerprint density at radius 2 is 1.86 bits per heavy atom. The van der Waals surface area contributed by atoms with Crippen LogP contribution in [0.4, 0.5) is 13.2 Å². The first-order valence-corrected chi connectivity index (χ1v) is 6.47. The summed E-state index contributed by atoms with van der Waals surface area (Å²) in [6, 6.07) is 6.62. The van der Waals surface area contributed by atoms with Gasteiger partial charge in [0.1, 0.15) is 11.5 Å². The predicted molar refractivity (Wildman–Crippen MR) is 74.6 cm³/mol. The Kier molecular flexibility index (Phi) is 4.53. The van der Waals surface area contributed by atoms with E-state index in [1.165, 1.54) is 12.1 Å². The summed E-state index contributed by atoms with van der Waals surface area (Å²) >= 11 is 0. The Morgan fingerprint density at radius 3 is 2.43 bits per heavy atom. The van der Waals surface area contributed by atoms with Crippen LogP contribution in [0.3, 0.4) is 0 Å². The van der Waals surface area contributed by atoms with Crippen molar-refractivity contribution in [2.24, 2.45) is 0 Å². The molecular weight excluding hydrogens is 281 g/mol. The van der Waals surface area contributed by atoms with Gasteiger partial charge in [-0.3, -0.25) is 0 Å². The predicted octanol–water partition coefficient (Wildman–Crippen LogP) is 4.67. The number of halogens is 3. The van der Waals surface area contributed by atoms with Crippen LogP contribution in [-0.2, 0) is 6.18 Å². The number of aliphatic hydroxyl groups excluding tert-OH is 1. The number of rotatable bonds is 4. The van der Waals surface area contributed by atoms with Crippen molar-refractivity contribution < 1.29 is 22.7 Å². The van der Waals surface area contributed by atoms with Crippen LogP contribution in [0.2, 0.25) is 0 Å². The van der Waals surface area contributed by atoms with Crippen LogP contribution >= 0.6 is 0 Å². The Balaban J connectivity index is 2.24. The van der Waals surface area contributed by atoms with E-state index in [0.29, 0.717) is 23.5 Å². The van der Waals surface area contributed by atoms with E-state index in [9.17, 15) is 13.2 Å². The summed E-state index contributed by atoms with van der Waals surface area (Å²) < 4.78 is 43.1. The molecule has 0 saturated carbocycles. The zero-order chi connectivity index (χ0) is 15.5. The van der Waals surface area contributed by atoms with Gasteiger partial charge in [-0.05, 0) is 31.5 Å². The molecule has 5 heteroatoms. The Bertz CT molecular complexity index is 622. The highest BCUT2D eigenvalue weighted by Crippen LogP contribution is 2.32. The largest absolute Gasteiger partial charge is 0.461 e. The van der Waals surface area contributed by atoms with Crippen molar-refractivity contribution in [2.75, 3.05) is 6.61 Å². The smallest absolute Gasteiger partial charge is 0.416 e. The summed E-state index contributed by atoms with van der Waals surface area (Å²) in [6.07, 6.45) is -0.160. The number of aryl methyl sites for hydroxylation is 1. The molecule has 112 valence electrons. The first kappa shape index (κ1) is 15.4. The standard InChI is InChI=1S/C16H15F3O2/c1-11-13(4-2-3-9-20)10-15(21-11)12-5-7-14(8-6-12)16(17,18)19/h2,4-8,10,20H,3,9H2,1H3/b4-2+. The second-order valence-electron chi connectivity index (χ2n) is 4.61. The minimum atomic E-state index is -4.34. The van der Waals surface area contributed by atoms with Crippen LogP contribution in [0.5, 0.6) is 0 Å². The van der Waals surface area contributed by atoms with Gasteiger partial charge in [-0.15, -0.1) is 0 Å². The summed E-state index contributed by atoms with van der Waals surface area (Å²) in [5.41, 5.74) is 0.754. The van der Waals surface area contributed by atoms with Crippen LogP contribution in [0.25, 0.3) is 17.4 Å². The Hall–Kier alpha value is -2.01. The molecule has 0 unspecified atom stereocenters. The molecule has 0 fully saturated rings. The lowest BCUT2D eigenvalue weighted by atomic mass is 10.1. The van der Waals surface area contributed by atoms with Crippen molar-refractivity contribution in [1.29, 1.82) is 0 Å². The first-order valence-electron chi connectivity index (χ1n) is 6.47. The van der Waals surface area contributed by atoms with E-state index < -0.39 is 11.7 Å². The fourth-order valence-corrected chi connectivity index (χ4v) is 1.91. The molecule has 21 heavy (non-hydrogen) atoms. The molecule has 2 aromatic rings. The van der Waals surface area contributed by atoms with Crippen molar-refractivity contribution in [3.63, 3.8) is 0 Å². The third-order valence-corrected chi connectivity index (χ3v) is 3.05. The molecule has 2 nitrogen and oxygen atoms in total. The van der Waals surface area contributed by atoms with Gasteiger partial charge in [0.15, 0.2) is 0 Å². The fraction of sp³-hybridized carbons (Fsp3) is 0.250. The number of hydrogen-bond donors (Lipinski definition) is 1. The number of hydrogen-bond acceptors (Lipinski definition) is 2. The molecular formula is C16H15F3O2. The minimum absolute atomic E-state index is 0.0686. The lowest BCUT2D eigenvalue weighted by molar-refractivity contribution is -0.137. The molecule has 1 aromatic carbocycles. The van der Waals surface area contributed by atoms with Gasteiger partial charge >= 0.3 is 6.18 Å². The average Bonchev–Trinajstić information content (AvgIpc) is 2.80. The van der Waals surface area contributed by atoms with Gasteiger partial charge in [-0.2, -0.15) is 13.2 Å². The van der Waals surface area contributed by atoms with E-state index in [4.69, 9.17) is 9.52 Å². The normalized spacial score (nSPS) is 12.2. The molecule has 0 saturated heterocycles. The van der Waals surface area contributed by atoms with Gasteiger partial charge in [0.2, 0.25) is 0 Å². The molecule has 1 N–H and O–H groups in total. The Morgan fingerprint density at radius 1 is 1.19 bits per heavy atom. The maximum atomic E-state index is 12.5. The van der Waals surface area contributed by atoms with E-state index in [0.717, 1.165) is 17.7 Å². The van der Waals surface area contributed by atoms with E-state index in [2.05, 4.69) is 0 Å². The summed E-state index contributed by atoms with van der Waals surface area (Å²) in [5, 5.41) is 8.72. The molecule has 0 radical (unpaired) electrons. The van der Waals surface area contributed by atoms with Gasteiger partial charge in [0, 0.05) is 17.7 Å². The molecule has 0 atom stereocenters. The quantitative estimate of drug-likeness (QED) is 0.889. The molecule has 1 heterocycles. The van der Waals surface area contributed by atoms with Crippen LogP contribution < -0.4 is 0 Å². The first-order chi connectivity index (χ1) is 9.91. The summed E-state index contributed by atoms with van der Waals surface area (Å²) in [5.74, 6) is 1.20. The van der Waals surface area contributed by atoms with E-state index in [1.807, 2.05) is 12.2 Å². The highest BCUT2D eigenvalue weighted by atomic mass is 19.4. The summed E-state index contributed by atoms with van der Waals surface area (Å²) in [4.78, 5) is 0. The monoisotopic (exact) mass is 296 g/mol.